The molecule has 83 heavy (non-hydrogen) atoms. The lowest BCUT2D eigenvalue weighted by Gasteiger charge is -2.29. The minimum Gasteiger partial charge on any atom is -0.489 e. The Morgan fingerprint density at radius 2 is 0.904 bits per heavy atom. The molecule has 10 rings (SSSR count). The Morgan fingerprint density at radius 1 is 0.542 bits per heavy atom. The van der Waals surface area contributed by atoms with Crippen LogP contribution >= 0.6 is 23.2 Å². The zero-order valence-electron chi connectivity index (χ0n) is 45.9. The largest absolute Gasteiger partial charge is 0.489 e. The van der Waals surface area contributed by atoms with Crippen molar-refractivity contribution in [1.82, 2.24) is 20.4 Å². The maximum absolute atomic E-state index is 13.4. The number of Topliss-reactive ketones (excluding diaryl/α,β-unsaturated/α-hetero) is 1. The highest BCUT2D eigenvalue weighted by Gasteiger charge is 2.32. The SMILES string of the molecule is O=C(N[C@H](CN1CCCC1)[C@H](O)c1ccc(OC2CCOCC2)c(Cl)c1)/C(=N/O)c1ccc(-c2ccc(F)cc2)cc1.O=C(N[C@H](CN1CCCC1)[C@H](O)c1ccc(OC2CCOCC2)c(Cl)c1)C(=O)c1ccc(-c2ccc(F)cc2)cc1. The predicted octanol–water partition coefficient (Wildman–Crippen LogP) is 10.4. The van der Waals surface area contributed by atoms with Crippen molar-refractivity contribution in [3.05, 3.63) is 177 Å². The lowest BCUT2D eigenvalue weighted by Crippen LogP contribution is -2.48. The number of carbonyl (C=O) groups is 3. The molecule has 4 atom stereocenters. The van der Waals surface area contributed by atoms with Gasteiger partial charge in [0.1, 0.15) is 47.5 Å². The zero-order valence-corrected chi connectivity index (χ0v) is 47.5. The average Bonchev–Trinajstić information content (AvgIpc) is 4.30. The summed E-state index contributed by atoms with van der Waals surface area (Å²) in [5.41, 5.74) is 4.72. The van der Waals surface area contributed by atoms with Gasteiger partial charge in [-0.2, -0.15) is 0 Å². The number of ether oxygens (including phenoxy) is 4. The van der Waals surface area contributed by atoms with Gasteiger partial charge in [-0.1, -0.05) is 113 Å². The van der Waals surface area contributed by atoms with Crippen molar-refractivity contribution >= 4 is 46.5 Å². The molecule has 4 saturated heterocycles. The highest BCUT2D eigenvalue weighted by atomic mass is 35.5. The van der Waals surface area contributed by atoms with E-state index < -0.39 is 41.9 Å². The summed E-state index contributed by atoms with van der Waals surface area (Å²) in [4.78, 5) is 43.9. The number of rotatable bonds is 20. The number of nitrogens with zero attached hydrogens (tertiary/aromatic N) is 3. The summed E-state index contributed by atoms with van der Waals surface area (Å²) in [5.74, 6) is -1.70. The number of oxime groups is 1. The summed E-state index contributed by atoms with van der Waals surface area (Å²) < 4.78 is 49.4. The van der Waals surface area contributed by atoms with Crippen LogP contribution in [0.15, 0.2) is 139 Å². The van der Waals surface area contributed by atoms with Crippen molar-refractivity contribution in [2.45, 2.75) is 87.9 Å². The van der Waals surface area contributed by atoms with E-state index in [9.17, 15) is 38.6 Å². The molecule has 0 aliphatic carbocycles. The standard InChI is InChI=1S/C32H35ClFN3O5.C32H34ClFN2O5/c33-27-19-24(9-12-29(27)42-26-13-17-41-18-14-26)31(38)28(20-37-15-1-2-16-37)35-32(39)30(36-40)23-5-3-21(4-6-23)22-7-10-25(34)11-8-22;33-27-19-24(9-12-29(27)41-26-13-17-40-18-14-26)30(37)28(20-36-15-1-2-16-36)35-32(39)31(38)23-5-3-21(4-6-23)22-7-10-25(34)11-8-22/h3-12,19,26,28,31,38,40H,1-2,13-18,20H2,(H,35,39);3-12,19,26,28,30,37H,1-2,13-18,20H2,(H,35,39)/b36-30+;/t28-,31-;28-,30-/m11/s1. The Labute approximate surface area is 492 Å². The molecule has 0 bridgehead atoms. The fourth-order valence-electron chi connectivity index (χ4n) is 10.7. The number of hydrogen-bond donors (Lipinski definition) is 5. The Kier molecular flexibility index (Phi) is 21.7. The summed E-state index contributed by atoms with van der Waals surface area (Å²) >= 11 is 13.1. The van der Waals surface area contributed by atoms with E-state index in [2.05, 4.69) is 25.6 Å². The molecule has 0 spiro atoms. The van der Waals surface area contributed by atoms with Crippen molar-refractivity contribution in [2.24, 2.45) is 5.16 Å². The van der Waals surface area contributed by atoms with Crippen LogP contribution in [0.4, 0.5) is 8.78 Å². The molecule has 4 aliphatic rings. The first-order chi connectivity index (χ1) is 40.3. The molecule has 2 amide bonds. The second-order valence-electron chi connectivity index (χ2n) is 21.3. The molecule has 6 aromatic rings. The van der Waals surface area contributed by atoms with E-state index >= 15 is 0 Å². The highest BCUT2D eigenvalue weighted by Crippen LogP contribution is 2.34. The van der Waals surface area contributed by atoms with Crippen molar-refractivity contribution in [3.63, 3.8) is 0 Å². The molecule has 0 saturated carbocycles. The normalized spacial score (nSPS) is 17.8. The molecular weight excluding hydrogens is 1110 g/mol. The molecule has 438 valence electrons. The van der Waals surface area contributed by atoms with Gasteiger partial charge in [0.15, 0.2) is 5.71 Å². The van der Waals surface area contributed by atoms with Gasteiger partial charge < -0.3 is 54.8 Å². The fraction of sp³-hybridized carbons (Fsp3) is 0.375. The van der Waals surface area contributed by atoms with Crippen molar-refractivity contribution < 1.29 is 57.5 Å². The van der Waals surface area contributed by atoms with Crippen LogP contribution in [0.3, 0.4) is 0 Å². The van der Waals surface area contributed by atoms with E-state index in [0.29, 0.717) is 77.8 Å². The number of carbonyl (C=O) groups excluding carboxylic acids is 3. The van der Waals surface area contributed by atoms with Gasteiger partial charge in [0, 0.05) is 49.9 Å². The minimum absolute atomic E-state index is 0.0231. The third kappa shape index (κ3) is 16.7. The van der Waals surface area contributed by atoms with E-state index in [1.54, 1.807) is 109 Å². The smallest absolute Gasteiger partial charge is 0.292 e. The van der Waals surface area contributed by atoms with Gasteiger partial charge in [-0.05, 0) is 134 Å². The molecule has 6 aromatic carbocycles. The number of hydrogen-bond acceptors (Lipinski definition) is 13. The van der Waals surface area contributed by atoms with Crippen molar-refractivity contribution in [2.75, 3.05) is 65.7 Å². The number of amides is 2. The first kappa shape index (κ1) is 60.8. The van der Waals surface area contributed by atoms with E-state index in [-0.39, 0.29) is 35.1 Å². The average molecular weight is 1180 g/mol. The lowest BCUT2D eigenvalue weighted by atomic mass is 9.99. The molecule has 0 aromatic heterocycles. The quantitative estimate of drug-likeness (QED) is 0.0160. The summed E-state index contributed by atoms with van der Waals surface area (Å²) in [6.45, 7) is 6.83. The van der Waals surface area contributed by atoms with Gasteiger partial charge in [-0.15, -0.1) is 0 Å². The monoisotopic (exact) mass is 1180 g/mol. The molecule has 5 N–H and O–H groups in total. The minimum atomic E-state index is -1.09. The Balaban J connectivity index is 0.000000200. The van der Waals surface area contributed by atoms with Gasteiger partial charge in [0.2, 0.25) is 5.78 Å². The van der Waals surface area contributed by atoms with Crippen molar-refractivity contribution in [3.8, 4) is 33.8 Å². The predicted molar refractivity (Wildman–Crippen MR) is 313 cm³/mol. The van der Waals surface area contributed by atoms with E-state index in [1.807, 2.05) is 0 Å². The fourth-order valence-corrected chi connectivity index (χ4v) is 11.2. The summed E-state index contributed by atoms with van der Waals surface area (Å²) in [6.07, 6.45) is 5.19. The molecule has 4 fully saturated rings. The van der Waals surface area contributed by atoms with Gasteiger partial charge in [0.25, 0.3) is 11.8 Å². The third-order valence-electron chi connectivity index (χ3n) is 15.4. The van der Waals surface area contributed by atoms with Crippen LogP contribution in [0.5, 0.6) is 11.5 Å². The number of ketones is 1. The van der Waals surface area contributed by atoms with E-state index in [1.165, 1.54) is 24.3 Å². The Morgan fingerprint density at radius 3 is 1.28 bits per heavy atom. The first-order valence-electron chi connectivity index (χ1n) is 28.3. The molecule has 0 radical (unpaired) electrons. The second kappa shape index (κ2) is 29.6. The Bertz CT molecular complexity index is 3130. The molecule has 15 nitrogen and oxygen atoms in total. The van der Waals surface area contributed by atoms with Crippen LogP contribution < -0.4 is 20.1 Å². The molecule has 4 heterocycles. The second-order valence-corrected chi connectivity index (χ2v) is 22.1. The number of nitrogens with one attached hydrogen (secondary N) is 2. The maximum atomic E-state index is 13.4. The molecule has 4 aliphatic heterocycles. The topological polar surface area (TPSA) is 192 Å². The van der Waals surface area contributed by atoms with E-state index in [0.717, 1.165) is 99.8 Å². The summed E-state index contributed by atoms with van der Waals surface area (Å²) in [6, 6.07) is 34.4. The van der Waals surface area contributed by atoms with Crippen LogP contribution in [-0.4, -0.2) is 139 Å². The zero-order chi connectivity index (χ0) is 58.2. The van der Waals surface area contributed by atoms with Crippen LogP contribution in [0, 0.1) is 11.6 Å². The Hall–Kier alpha value is -6.80. The summed E-state index contributed by atoms with van der Waals surface area (Å²) in [7, 11) is 0. The number of aliphatic hydroxyl groups excluding tert-OH is 2. The molecular formula is C64H69Cl2F2N5O10. The molecule has 0 unspecified atom stereocenters. The third-order valence-corrected chi connectivity index (χ3v) is 16.0. The maximum Gasteiger partial charge on any atom is 0.292 e. The van der Waals surface area contributed by atoms with Gasteiger partial charge in [0.05, 0.1) is 48.6 Å². The first-order valence-corrected chi connectivity index (χ1v) is 29.0. The number of aliphatic hydroxyl groups is 2. The van der Waals surface area contributed by atoms with Gasteiger partial charge in [-0.25, -0.2) is 8.78 Å². The van der Waals surface area contributed by atoms with Crippen LogP contribution in [0.25, 0.3) is 22.3 Å². The molecule has 19 heteroatoms. The van der Waals surface area contributed by atoms with Gasteiger partial charge in [-0.3, -0.25) is 14.4 Å². The number of benzene rings is 6. The number of halogens is 4. The van der Waals surface area contributed by atoms with Crippen molar-refractivity contribution in [1.29, 1.82) is 0 Å². The summed E-state index contributed by atoms with van der Waals surface area (Å²) in [5, 5.41) is 42.3. The number of likely N-dealkylation sites (tertiary alicyclic amines) is 2. The van der Waals surface area contributed by atoms with Crippen LogP contribution in [-0.2, 0) is 19.1 Å². The van der Waals surface area contributed by atoms with Gasteiger partial charge >= 0.3 is 0 Å². The van der Waals surface area contributed by atoms with E-state index in [4.69, 9.17) is 42.1 Å². The lowest BCUT2D eigenvalue weighted by molar-refractivity contribution is -0.118. The van der Waals surface area contributed by atoms with Crippen LogP contribution in [0.2, 0.25) is 10.0 Å². The highest BCUT2D eigenvalue weighted by molar-refractivity contribution is 6.45. The van der Waals surface area contributed by atoms with Crippen LogP contribution in [0.1, 0.15) is 90.6 Å².